The highest BCUT2D eigenvalue weighted by atomic mass is 28.4. The fraction of sp³-hybridized carbons (Fsp3) is 0.379. The summed E-state index contributed by atoms with van der Waals surface area (Å²) in [4.78, 5) is 0. The van der Waals surface area contributed by atoms with Gasteiger partial charge in [-0.3, -0.25) is 0 Å². The fourth-order valence-corrected chi connectivity index (χ4v) is 8.45. The van der Waals surface area contributed by atoms with E-state index < -0.39 is 8.56 Å². The predicted molar refractivity (Wildman–Crippen MR) is 137 cm³/mol. The topological polar surface area (TPSA) is 27.7 Å². The van der Waals surface area contributed by atoms with Crippen LogP contribution in [0.2, 0.25) is 5.04 Å². The molecular formula is C29H36O3Si. The molecule has 0 aromatic heterocycles. The van der Waals surface area contributed by atoms with E-state index in [2.05, 4.69) is 113 Å². The summed E-state index contributed by atoms with van der Waals surface area (Å²) in [5.41, 5.74) is 2.16. The molecule has 1 fully saturated rings. The second kappa shape index (κ2) is 9.55. The highest BCUT2D eigenvalue weighted by molar-refractivity contribution is 6.83. The number of rotatable bonds is 7. The van der Waals surface area contributed by atoms with Crippen LogP contribution in [0.1, 0.15) is 51.8 Å². The van der Waals surface area contributed by atoms with Crippen LogP contribution in [0.5, 0.6) is 0 Å². The lowest BCUT2D eigenvalue weighted by Gasteiger charge is -2.45. The van der Waals surface area contributed by atoms with Gasteiger partial charge in [0.15, 0.2) is 0 Å². The summed E-state index contributed by atoms with van der Waals surface area (Å²) in [6, 6.07) is 31.4. The van der Waals surface area contributed by atoms with Crippen LogP contribution in [0.15, 0.2) is 91.0 Å². The molecule has 0 N–H and O–H groups in total. The van der Waals surface area contributed by atoms with Gasteiger partial charge in [0.05, 0.1) is 19.3 Å². The third-order valence-corrected chi connectivity index (χ3v) is 10.7. The van der Waals surface area contributed by atoms with E-state index in [0.717, 1.165) is 16.3 Å². The van der Waals surface area contributed by atoms with E-state index in [1.807, 2.05) is 12.1 Å². The quantitative estimate of drug-likeness (QED) is 0.375. The Balaban J connectivity index is 1.77. The Labute approximate surface area is 200 Å². The zero-order valence-corrected chi connectivity index (χ0v) is 21.5. The van der Waals surface area contributed by atoms with Crippen LogP contribution < -0.4 is 5.19 Å². The third-order valence-electron chi connectivity index (χ3n) is 6.53. The van der Waals surface area contributed by atoms with E-state index in [-0.39, 0.29) is 22.7 Å². The Hall–Kier alpha value is -2.24. The maximum absolute atomic E-state index is 7.35. The first-order valence-corrected chi connectivity index (χ1v) is 13.6. The van der Waals surface area contributed by atoms with Crippen molar-refractivity contribution in [3.05, 3.63) is 102 Å². The Morgan fingerprint density at radius 2 is 1.39 bits per heavy atom. The van der Waals surface area contributed by atoms with Gasteiger partial charge in [0.2, 0.25) is 0 Å². The molecule has 0 spiro atoms. The number of benzene rings is 3. The lowest BCUT2D eigenvalue weighted by molar-refractivity contribution is 0.0125. The van der Waals surface area contributed by atoms with Crippen molar-refractivity contribution in [2.75, 3.05) is 6.61 Å². The molecule has 0 saturated carbocycles. The van der Waals surface area contributed by atoms with E-state index in [4.69, 9.17) is 13.6 Å². The minimum atomic E-state index is -2.96. The number of ether oxygens (including phenoxy) is 1. The lowest BCUT2D eigenvalue weighted by Crippen LogP contribution is -2.63. The molecule has 4 rings (SSSR count). The summed E-state index contributed by atoms with van der Waals surface area (Å²) < 4.78 is 20.7. The Kier molecular flexibility index (Phi) is 6.92. The summed E-state index contributed by atoms with van der Waals surface area (Å²) in [6.07, 6.45) is -0.249. The summed E-state index contributed by atoms with van der Waals surface area (Å²) in [7, 11) is -2.96. The van der Waals surface area contributed by atoms with Crippen molar-refractivity contribution in [3.63, 3.8) is 0 Å². The van der Waals surface area contributed by atoms with Crippen LogP contribution in [0.4, 0.5) is 0 Å². The van der Waals surface area contributed by atoms with Crippen LogP contribution in [0, 0.1) is 5.41 Å². The molecule has 0 amide bonds. The zero-order chi connectivity index (χ0) is 23.5. The van der Waals surface area contributed by atoms with Crippen molar-refractivity contribution in [3.8, 4) is 0 Å². The SMILES string of the molecule is CC1(C)CO[C@H](c2ccccc2)[C@@H]1O[Si@](OCc1ccccc1)(c1ccccc1)C(C)(C)C. The van der Waals surface area contributed by atoms with E-state index in [9.17, 15) is 0 Å². The first-order chi connectivity index (χ1) is 15.7. The van der Waals surface area contributed by atoms with Crippen LogP contribution in [0.3, 0.4) is 0 Å². The van der Waals surface area contributed by atoms with Crippen LogP contribution in [0.25, 0.3) is 0 Å². The van der Waals surface area contributed by atoms with Gasteiger partial charge in [-0.2, -0.15) is 0 Å². The highest BCUT2D eigenvalue weighted by Gasteiger charge is 2.57. The number of hydrogen-bond acceptors (Lipinski definition) is 3. The summed E-state index contributed by atoms with van der Waals surface area (Å²) in [5, 5.41) is 0.950. The maximum Gasteiger partial charge on any atom is 0.378 e. The molecule has 0 aliphatic carbocycles. The van der Waals surface area contributed by atoms with E-state index in [0.29, 0.717) is 13.2 Å². The van der Waals surface area contributed by atoms with E-state index in [1.165, 1.54) is 0 Å². The van der Waals surface area contributed by atoms with Gasteiger partial charge in [0.25, 0.3) is 0 Å². The Bertz CT molecular complexity index is 1010. The predicted octanol–water partition coefficient (Wildman–Crippen LogP) is 6.54. The number of hydrogen-bond donors (Lipinski definition) is 0. The molecular weight excluding hydrogens is 424 g/mol. The van der Waals surface area contributed by atoms with Crippen molar-refractivity contribution in [2.45, 2.75) is 58.5 Å². The smallest absolute Gasteiger partial charge is 0.378 e. The van der Waals surface area contributed by atoms with Gasteiger partial charge in [0, 0.05) is 10.5 Å². The Morgan fingerprint density at radius 1 is 0.848 bits per heavy atom. The molecule has 1 aliphatic rings. The van der Waals surface area contributed by atoms with Crippen molar-refractivity contribution in [2.24, 2.45) is 5.41 Å². The molecule has 3 aromatic carbocycles. The fourth-order valence-electron chi connectivity index (χ4n) is 4.63. The molecule has 0 bridgehead atoms. The summed E-state index contributed by atoms with van der Waals surface area (Å²) >= 11 is 0. The molecule has 4 heteroatoms. The van der Waals surface area contributed by atoms with Gasteiger partial charge in [-0.15, -0.1) is 0 Å². The van der Waals surface area contributed by atoms with Crippen molar-refractivity contribution in [1.29, 1.82) is 0 Å². The van der Waals surface area contributed by atoms with Gasteiger partial charge >= 0.3 is 8.56 Å². The van der Waals surface area contributed by atoms with Gasteiger partial charge in [0.1, 0.15) is 6.10 Å². The third kappa shape index (κ3) is 4.99. The molecule has 0 unspecified atom stereocenters. The highest BCUT2D eigenvalue weighted by Crippen LogP contribution is 2.48. The van der Waals surface area contributed by atoms with Crippen LogP contribution in [-0.2, 0) is 20.2 Å². The van der Waals surface area contributed by atoms with Crippen molar-refractivity contribution in [1.82, 2.24) is 0 Å². The second-order valence-corrected chi connectivity index (χ2v) is 14.5. The van der Waals surface area contributed by atoms with Crippen molar-refractivity contribution >= 4 is 13.7 Å². The molecule has 3 atom stereocenters. The first-order valence-electron chi connectivity index (χ1n) is 11.8. The largest absolute Gasteiger partial charge is 0.386 e. The van der Waals surface area contributed by atoms with Crippen LogP contribution in [-0.4, -0.2) is 21.3 Å². The zero-order valence-electron chi connectivity index (χ0n) is 20.5. The van der Waals surface area contributed by atoms with Gasteiger partial charge < -0.3 is 13.6 Å². The second-order valence-electron chi connectivity index (χ2n) is 10.7. The summed E-state index contributed by atoms with van der Waals surface area (Å²) in [5.74, 6) is 0. The van der Waals surface area contributed by atoms with Gasteiger partial charge in [-0.25, -0.2) is 0 Å². The maximum atomic E-state index is 7.35. The molecule has 0 radical (unpaired) electrons. The average Bonchev–Trinajstić information content (AvgIpc) is 3.11. The molecule has 3 nitrogen and oxygen atoms in total. The lowest BCUT2D eigenvalue weighted by atomic mass is 9.85. The molecule has 1 aliphatic heterocycles. The van der Waals surface area contributed by atoms with E-state index >= 15 is 0 Å². The standard InChI is InChI=1S/C29H36O3Si/c1-28(2,3)33(25-19-13-8-14-20-25,31-21-23-15-9-6-10-16-23)32-27-26(30-22-29(27,4)5)24-17-11-7-12-18-24/h6-20,26-27H,21-22H2,1-5H3/t26-,27+,33-/m1/s1. The van der Waals surface area contributed by atoms with Gasteiger partial charge in [-0.05, 0) is 16.3 Å². The monoisotopic (exact) mass is 460 g/mol. The minimum absolute atomic E-state index is 0.123. The Morgan fingerprint density at radius 3 is 1.97 bits per heavy atom. The van der Waals surface area contributed by atoms with Gasteiger partial charge in [-0.1, -0.05) is 126 Å². The van der Waals surface area contributed by atoms with Crippen LogP contribution >= 0.6 is 0 Å². The molecule has 1 saturated heterocycles. The minimum Gasteiger partial charge on any atom is -0.386 e. The average molecular weight is 461 g/mol. The molecule has 1 heterocycles. The summed E-state index contributed by atoms with van der Waals surface area (Å²) in [6.45, 7) is 12.4. The van der Waals surface area contributed by atoms with Crippen molar-refractivity contribution < 1.29 is 13.6 Å². The molecule has 33 heavy (non-hydrogen) atoms. The van der Waals surface area contributed by atoms with E-state index in [1.54, 1.807) is 0 Å². The molecule has 174 valence electrons. The normalized spacial score (nSPS) is 22.1. The molecule has 3 aromatic rings. The first kappa shape index (κ1) is 23.9.